The maximum absolute atomic E-state index is 10.2. The lowest BCUT2D eigenvalue weighted by atomic mass is 10.2. The molecule has 0 aliphatic rings. The van der Waals surface area contributed by atoms with Crippen molar-refractivity contribution in [2.24, 2.45) is 0 Å². The van der Waals surface area contributed by atoms with Crippen LogP contribution in [0.15, 0.2) is 60.7 Å². The van der Waals surface area contributed by atoms with Crippen LogP contribution in [0.25, 0.3) is 6.08 Å². The fourth-order valence-corrected chi connectivity index (χ4v) is 1.57. The van der Waals surface area contributed by atoms with Crippen LogP contribution in [0.4, 0.5) is 0 Å². The SMILES string of the molecule is O=C/C=C\c1ccc(OCc2ccccc2)cc1. The number of aldehydes is 1. The van der Waals surface area contributed by atoms with Gasteiger partial charge in [0.2, 0.25) is 0 Å². The van der Waals surface area contributed by atoms with Gasteiger partial charge >= 0.3 is 0 Å². The van der Waals surface area contributed by atoms with Crippen molar-refractivity contribution >= 4 is 12.4 Å². The topological polar surface area (TPSA) is 26.3 Å². The molecule has 0 heterocycles. The molecule has 2 aromatic carbocycles. The second kappa shape index (κ2) is 6.40. The second-order valence-electron chi connectivity index (χ2n) is 3.84. The highest BCUT2D eigenvalue weighted by Crippen LogP contribution is 2.14. The molecule has 2 heteroatoms. The first kappa shape index (κ1) is 12.1. The fourth-order valence-electron chi connectivity index (χ4n) is 1.57. The Morgan fingerprint density at radius 1 is 0.944 bits per heavy atom. The summed E-state index contributed by atoms with van der Waals surface area (Å²) in [4.78, 5) is 10.2. The summed E-state index contributed by atoms with van der Waals surface area (Å²) in [7, 11) is 0. The monoisotopic (exact) mass is 238 g/mol. The molecule has 0 amide bonds. The van der Waals surface area contributed by atoms with Gasteiger partial charge in [-0.3, -0.25) is 4.79 Å². The van der Waals surface area contributed by atoms with E-state index in [9.17, 15) is 4.79 Å². The summed E-state index contributed by atoms with van der Waals surface area (Å²) in [6.07, 6.45) is 3.99. The molecule has 0 aliphatic carbocycles. The Bertz CT molecular complexity index is 513. The van der Waals surface area contributed by atoms with Gasteiger partial charge in [0.1, 0.15) is 18.6 Å². The van der Waals surface area contributed by atoms with Crippen molar-refractivity contribution in [2.45, 2.75) is 6.61 Å². The average Bonchev–Trinajstić information content (AvgIpc) is 2.45. The molecule has 2 aromatic rings. The van der Waals surface area contributed by atoms with Crippen molar-refractivity contribution in [3.8, 4) is 5.75 Å². The standard InChI is InChI=1S/C16H14O2/c17-12-4-7-14-8-10-16(11-9-14)18-13-15-5-2-1-3-6-15/h1-12H,13H2/b7-4-. The Labute approximate surface area is 107 Å². The molecule has 0 atom stereocenters. The number of benzene rings is 2. The Hall–Kier alpha value is -2.35. The van der Waals surface area contributed by atoms with Crippen molar-refractivity contribution in [1.82, 2.24) is 0 Å². The first-order valence-corrected chi connectivity index (χ1v) is 5.77. The lowest BCUT2D eigenvalue weighted by Crippen LogP contribution is -1.94. The molecule has 0 spiro atoms. The smallest absolute Gasteiger partial charge is 0.142 e. The molecule has 2 nitrogen and oxygen atoms in total. The van der Waals surface area contributed by atoms with Gasteiger partial charge in [-0.25, -0.2) is 0 Å². The third-order valence-corrected chi connectivity index (χ3v) is 2.50. The van der Waals surface area contributed by atoms with Gasteiger partial charge in [0, 0.05) is 0 Å². The number of carbonyl (C=O) groups excluding carboxylic acids is 1. The minimum absolute atomic E-state index is 0.560. The second-order valence-corrected chi connectivity index (χ2v) is 3.84. The van der Waals surface area contributed by atoms with Crippen molar-refractivity contribution in [3.05, 3.63) is 71.8 Å². The molecule has 0 unspecified atom stereocenters. The van der Waals surface area contributed by atoms with Crippen molar-refractivity contribution in [1.29, 1.82) is 0 Å². The summed E-state index contributed by atoms with van der Waals surface area (Å²) >= 11 is 0. The molecule has 18 heavy (non-hydrogen) atoms. The van der Waals surface area contributed by atoms with Gasteiger partial charge in [-0.1, -0.05) is 48.5 Å². The van der Waals surface area contributed by atoms with Crippen LogP contribution in [0.1, 0.15) is 11.1 Å². The van der Waals surface area contributed by atoms with Gasteiger partial charge in [0.15, 0.2) is 0 Å². The first-order valence-electron chi connectivity index (χ1n) is 5.77. The average molecular weight is 238 g/mol. The molecule has 0 saturated carbocycles. The minimum atomic E-state index is 0.560. The van der Waals surface area contributed by atoms with Crippen LogP contribution >= 0.6 is 0 Å². The van der Waals surface area contributed by atoms with E-state index in [-0.39, 0.29) is 0 Å². The molecule has 90 valence electrons. The van der Waals surface area contributed by atoms with Crippen LogP contribution in [0.3, 0.4) is 0 Å². The molecule has 0 N–H and O–H groups in total. The van der Waals surface area contributed by atoms with E-state index < -0.39 is 0 Å². The maximum atomic E-state index is 10.2. The molecule has 0 radical (unpaired) electrons. The number of hydrogen-bond donors (Lipinski definition) is 0. The van der Waals surface area contributed by atoms with Crippen molar-refractivity contribution in [2.75, 3.05) is 0 Å². The quantitative estimate of drug-likeness (QED) is 0.589. The van der Waals surface area contributed by atoms with Gasteiger partial charge in [-0.05, 0) is 29.3 Å². The molecule has 0 saturated heterocycles. The summed E-state index contributed by atoms with van der Waals surface area (Å²) in [6, 6.07) is 17.7. The molecular formula is C16H14O2. The molecule has 0 fully saturated rings. The van der Waals surface area contributed by atoms with Crippen LogP contribution < -0.4 is 4.74 Å². The predicted molar refractivity (Wildman–Crippen MR) is 72.3 cm³/mol. The normalized spacial score (nSPS) is 10.4. The zero-order valence-corrected chi connectivity index (χ0v) is 9.95. The molecule has 0 bridgehead atoms. The highest BCUT2D eigenvalue weighted by atomic mass is 16.5. The first-order chi connectivity index (χ1) is 8.88. The van der Waals surface area contributed by atoms with Gasteiger partial charge in [0.25, 0.3) is 0 Å². The predicted octanol–water partition coefficient (Wildman–Crippen LogP) is 3.48. The third-order valence-electron chi connectivity index (χ3n) is 2.50. The number of carbonyl (C=O) groups is 1. The van der Waals surface area contributed by atoms with Gasteiger partial charge in [0.05, 0.1) is 0 Å². The van der Waals surface area contributed by atoms with Crippen molar-refractivity contribution < 1.29 is 9.53 Å². The van der Waals surface area contributed by atoms with Crippen LogP contribution in [-0.2, 0) is 11.4 Å². The number of ether oxygens (including phenoxy) is 1. The minimum Gasteiger partial charge on any atom is -0.489 e. The summed E-state index contributed by atoms with van der Waals surface area (Å²) in [6.45, 7) is 0.560. The zero-order chi connectivity index (χ0) is 12.6. The lowest BCUT2D eigenvalue weighted by Gasteiger charge is -2.06. The summed E-state index contributed by atoms with van der Waals surface area (Å²) < 4.78 is 5.66. The Balaban J connectivity index is 1.94. The largest absolute Gasteiger partial charge is 0.489 e. The van der Waals surface area contributed by atoms with E-state index in [0.717, 1.165) is 23.2 Å². The molecule has 0 aliphatic heterocycles. The summed E-state index contributed by atoms with van der Waals surface area (Å²) in [5.41, 5.74) is 2.12. The van der Waals surface area contributed by atoms with Gasteiger partial charge < -0.3 is 4.74 Å². The van der Waals surface area contributed by atoms with Gasteiger partial charge in [-0.15, -0.1) is 0 Å². The van der Waals surface area contributed by atoms with Crippen LogP contribution in [0, 0.1) is 0 Å². The Morgan fingerprint density at radius 2 is 1.67 bits per heavy atom. The van der Waals surface area contributed by atoms with E-state index in [1.165, 1.54) is 6.08 Å². The van der Waals surface area contributed by atoms with E-state index in [4.69, 9.17) is 4.74 Å². The van der Waals surface area contributed by atoms with Gasteiger partial charge in [-0.2, -0.15) is 0 Å². The van der Waals surface area contributed by atoms with E-state index in [2.05, 4.69) is 0 Å². The number of hydrogen-bond acceptors (Lipinski definition) is 2. The lowest BCUT2D eigenvalue weighted by molar-refractivity contribution is -0.104. The maximum Gasteiger partial charge on any atom is 0.142 e. The number of rotatable bonds is 5. The molecular weight excluding hydrogens is 224 g/mol. The summed E-state index contributed by atoms with van der Waals surface area (Å²) in [5.74, 6) is 0.821. The molecule has 2 rings (SSSR count). The van der Waals surface area contributed by atoms with E-state index >= 15 is 0 Å². The Kier molecular flexibility index (Phi) is 4.31. The van der Waals surface area contributed by atoms with E-state index in [1.807, 2.05) is 54.6 Å². The highest BCUT2D eigenvalue weighted by molar-refractivity contribution is 5.73. The fraction of sp³-hybridized carbons (Fsp3) is 0.0625. The number of allylic oxidation sites excluding steroid dienone is 1. The van der Waals surface area contributed by atoms with Crippen LogP contribution in [-0.4, -0.2) is 6.29 Å². The van der Waals surface area contributed by atoms with E-state index in [1.54, 1.807) is 6.08 Å². The van der Waals surface area contributed by atoms with E-state index in [0.29, 0.717) is 6.61 Å². The highest BCUT2D eigenvalue weighted by Gasteiger charge is 1.95. The van der Waals surface area contributed by atoms with Crippen molar-refractivity contribution in [3.63, 3.8) is 0 Å². The zero-order valence-electron chi connectivity index (χ0n) is 9.95. The summed E-state index contributed by atoms with van der Waals surface area (Å²) in [5, 5.41) is 0. The van der Waals surface area contributed by atoms with Crippen LogP contribution in [0.5, 0.6) is 5.75 Å². The molecule has 0 aromatic heterocycles. The Morgan fingerprint density at radius 3 is 2.33 bits per heavy atom. The van der Waals surface area contributed by atoms with Crippen LogP contribution in [0.2, 0.25) is 0 Å². The third kappa shape index (κ3) is 3.59.